The van der Waals surface area contributed by atoms with Gasteiger partial charge in [0.25, 0.3) is 0 Å². The van der Waals surface area contributed by atoms with Crippen molar-refractivity contribution in [2.75, 3.05) is 4.90 Å². The average Bonchev–Trinajstić information content (AvgIpc) is 3.86. The van der Waals surface area contributed by atoms with Gasteiger partial charge in [0.05, 0.1) is 16.8 Å². The first-order valence-corrected chi connectivity index (χ1v) is 21.2. The van der Waals surface area contributed by atoms with Gasteiger partial charge in [0.15, 0.2) is 0 Å². The Kier molecular flexibility index (Phi) is 8.48. The van der Waals surface area contributed by atoms with Crippen LogP contribution in [0.25, 0.3) is 66.1 Å². The maximum absolute atomic E-state index is 17.1. The predicted molar refractivity (Wildman–Crippen MR) is 254 cm³/mol. The molecular weight excluding hydrogens is 777 g/mol. The Morgan fingerprint density at radius 1 is 0.397 bits per heavy atom. The summed E-state index contributed by atoms with van der Waals surface area (Å²) in [6, 6.07) is 74.5. The van der Waals surface area contributed by atoms with E-state index < -0.39 is 11.2 Å². The highest BCUT2D eigenvalue weighted by Gasteiger charge is 2.48. The molecule has 12 rings (SSSR count). The summed E-state index contributed by atoms with van der Waals surface area (Å²) in [5, 5.41) is 4.20. The molecule has 298 valence electrons. The van der Waals surface area contributed by atoms with Gasteiger partial charge in [0.1, 0.15) is 22.8 Å². The molecule has 4 heteroatoms. The van der Waals surface area contributed by atoms with Gasteiger partial charge in [-0.2, -0.15) is 0 Å². The van der Waals surface area contributed by atoms with Crippen LogP contribution in [0, 0.1) is 11.6 Å². The second-order valence-corrected chi connectivity index (χ2v) is 16.3. The number of halogens is 2. The summed E-state index contributed by atoms with van der Waals surface area (Å²) in [5.41, 5.74) is 12.1. The van der Waals surface area contributed by atoms with Gasteiger partial charge < -0.3 is 9.32 Å². The topological polar surface area (TPSA) is 16.4 Å². The third-order valence-electron chi connectivity index (χ3n) is 12.9. The average molecular weight is 814 g/mol. The van der Waals surface area contributed by atoms with Crippen molar-refractivity contribution in [1.29, 1.82) is 0 Å². The van der Waals surface area contributed by atoms with Crippen molar-refractivity contribution < 1.29 is 13.2 Å². The minimum atomic E-state index is -1.09. The van der Waals surface area contributed by atoms with Crippen LogP contribution in [-0.4, -0.2) is 0 Å². The molecule has 1 aromatic heterocycles. The van der Waals surface area contributed by atoms with Gasteiger partial charge in [0, 0.05) is 33.0 Å². The van der Waals surface area contributed by atoms with Crippen LogP contribution in [0.5, 0.6) is 0 Å². The van der Waals surface area contributed by atoms with Crippen molar-refractivity contribution in [3.05, 3.63) is 258 Å². The van der Waals surface area contributed by atoms with Crippen molar-refractivity contribution in [2.45, 2.75) is 5.41 Å². The van der Waals surface area contributed by atoms with Crippen LogP contribution in [0.4, 0.5) is 25.8 Å². The van der Waals surface area contributed by atoms with Gasteiger partial charge in [-0.15, -0.1) is 0 Å². The van der Waals surface area contributed by atoms with Crippen molar-refractivity contribution in [3.63, 3.8) is 0 Å². The molecule has 2 nitrogen and oxygen atoms in total. The molecule has 1 heterocycles. The smallest absolute Gasteiger partial charge is 0.143 e. The largest absolute Gasteiger partial charge is 0.455 e. The number of hydrogen-bond donors (Lipinski definition) is 0. The monoisotopic (exact) mass is 813 g/mol. The Morgan fingerprint density at radius 3 is 1.83 bits per heavy atom. The van der Waals surface area contributed by atoms with E-state index >= 15 is 8.78 Å². The minimum Gasteiger partial charge on any atom is -0.455 e. The normalized spacial score (nSPS) is 14.3. The highest BCUT2D eigenvalue weighted by atomic mass is 19.1. The summed E-state index contributed by atoms with van der Waals surface area (Å²) < 4.78 is 39.6. The lowest BCUT2D eigenvalue weighted by Crippen LogP contribution is -2.29. The number of hydrogen-bond acceptors (Lipinski definition) is 2. The molecule has 0 aliphatic heterocycles. The maximum Gasteiger partial charge on any atom is 0.143 e. The van der Waals surface area contributed by atoms with Crippen LogP contribution in [-0.2, 0) is 5.41 Å². The summed E-state index contributed by atoms with van der Waals surface area (Å²) in [5.74, 6) is -0.754. The molecule has 0 saturated carbocycles. The summed E-state index contributed by atoms with van der Waals surface area (Å²) in [6.45, 7) is 0. The molecular formula is C59H37F2NO. The van der Waals surface area contributed by atoms with Crippen molar-refractivity contribution in [2.24, 2.45) is 0 Å². The fourth-order valence-electron chi connectivity index (χ4n) is 10.1. The van der Waals surface area contributed by atoms with E-state index in [1.54, 1.807) is 18.2 Å². The molecule has 1 aliphatic rings. The Labute approximate surface area is 363 Å². The van der Waals surface area contributed by atoms with Crippen LogP contribution >= 0.6 is 0 Å². The standard InChI is InChI=1S/C59H37F2NO/c60-44-31-34-51-52(35-44)59(42-17-5-2-6-18-42,43-29-25-41(26-30-43)48-21-12-22-50-49-20-9-10-24-56(49)63-58(48)50)53-36-45(61)37-55(57(51)53)62(54-23-11-16-40-15-7-8-19-47(40)54)46-32-27-39(28-33-46)38-13-3-1-4-14-38/h1-37H. The molecule has 63 heavy (non-hydrogen) atoms. The second kappa shape index (κ2) is 14.5. The first kappa shape index (κ1) is 36.7. The van der Waals surface area contributed by atoms with Crippen LogP contribution < -0.4 is 4.90 Å². The van der Waals surface area contributed by atoms with Crippen LogP contribution in [0.15, 0.2) is 229 Å². The van der Waals surface area contributed by atoms with E-state index in [4.69, 9.17) is 4.42 Å². The molecule has 0 spiro atoms. The van der Waals surface area contributed by atoms with Gasteiger partial charge in [0.2, 0.25) is 0 Å². The second-order valence-electron chi connectivity index (χ2n) is 16.3. The van der Waals surface area contributed by atoms with E-state index in [1.807, 2.05) is 78.9 Å². The van der Waals surface area contributed by atoms with Crippen LogP contribution in [0.1, 0.15) is 22.3 Å². The van der Waals surface area contributed by atoms with E-state index in [9.17, 15) is 0 Å². The fourth-order valence-corrected chi connectivity index (χ4v) is 10.1. The molecule has 1 atom stereocenters. The molecule has 0 fully saturated rings. The number of anilines is 3. The molecule has 0 radical (unpaired) electrons. The van der Waals surface area contributed by atoms with Crippen molar-refractivity contribution in [1.82, 2.24) is 0 Å². The molecule has 1 unspecified atom stereocenters. The van der Waals surface area contributed by atoms with Crippen LogP contribution in [0.3, 0.4) is 0 Å². The summed E-state index contributed by atoms with van der Waals surface area (Å²) in [7, 11) is 0. The quantitative estimate of drug-likeness (QED) is 0.159. The maximum atomic E-state index is 17.1. The molecule has 0 N–H and O–H groups in total. The number of para-hydroxylation sites is 2. The third kappa shape index (κ3) is 5.76. The van der Waals surface area contributed by atoms with Gasteiger partial charge >= 0.3 is 0 Å². The number of benzene rings is 10. The van der Waals surface area contributed by atoms with Gasteiger partial charge in [-0.1, -0.05) is 176 Å². The van der Waals surface area contributed by atoms with Gasteiger partial charge in [-0.3, -0.25) is 0 Å². The first-order valence-electron chi connectivity index (χ1n) is 21.2. The first-order chi connectivity index (χ1) is 31.1. The molecule has 1 aliphatic carbocycles. The predicted octanol–water partition coefficient (Wildman–Crippen LogP) is 16.2. The van der Waals surface area contributed by atoms with Gasteiger partial charge in [-0.25, -0.2) is 8.78 Å². The molecule has 10 aromatic carbocycles. The number of rotatable bonds is 7. The Morgan fingerprint density at radius 2 is 1.02 bits per heavy atom. The lowest BCUT2D eigenvalue weighted by atomic mass is 9.67. The number of fused-ring (bicyclic) bond motifs is 7. The lowest BCUT2D eigenvalue weighted by molar-refractivity contribution is 0.616. The third-order valence-corrected chi connectivity index (χ3v) is 12.9. The molecule has 11 aromatic rings. The zero-order valence-corrected chi connectivity index (χ0v) is 34.0. The Hall–Kier alpha value is -8.08. The highest BCUT2D eigenvalue weighted by molar-refractivity contribution is 6.09. The van der Waals surface area contributed by atoms with Crippen molar-refractivity contribution >= 4 is 49.8 Å². The fraction of sp³-hybridized carbons (Fsp3) is 0.0169. The highest BCUT2D eigenvalue weighted by Crippen LogP contribution is 2.60. The van der Waals surface area contributed by atoms with E-state index in [-0.39, 0.29) is 5.82 Å². The summed E-state index contributed by atoms with van der Waals surface area (Å²) in [4.78, 5) is 2.17. The zero-order valence-electron chi connectivity index (χ0n) is 34.0. The number of furan rings is 1. The molecule has 0 amide bonds. The Balaban J connectivity index is 1.12. The van der Waals surface area contributed by atoms with Gasteiger partial charge in [-0.05, 0) is 98.4 Å². The van der Waals surface area contributed by atoms with E-state index in [2.05, 4.69) is 126 Å². The lowest BCUT2D eigenvalue weighted by Gasteiger charge is -2.35. The summed E-state index contributed by atoms with van der Waals surface area (Å²) in [6.07, 6.45) is 0. The summed E-state index contributed by atoms with van der Waals surface area (Å²) >= 11 is 0. The van der Waals surface area contributed by atoms with E-state index in [0.717, 1.165) is 99.7 Å². The minimum absolute atomic E-state index is 0.362. The number of nitrogens with zero attached hydrogens (tertiary/aromatic N) is 1. The van der Waals surface area contributed by atoms with Crippen LogP contribution in [0.2, 0.25) is 0 Å². The Bertz CT molecular complexity index is 3520. The SMILES string of the molecule is Fc1ccc2c(c1)C(c1ccccc1)(c1ccc(-c3cccc4c3oc3ccccc34)cc1)c1cc(F)cc(N(c3ccc(-c4ccccc4)cc3)c3cccc4ccccc34)c1-2. The van der Waals surface area contributed by atoms with E-state index in [1.165, 1.54) is 6.07 Å². The van der Waals surface area contributed by atoms with E-state index in [0.29, 0.717) is 5.69 Å². The van der Waals surface area contributed by atoms with Crippen molar-refractivity contribution in [3.8, 4) is 33.4 Å². The molecule has 0 bridgehead atoms. The zero-order chi connectivity index (χ0) is 42.1. The molecule has 0 saturated heterocycles.